The number of methoxy groups -OCH3 is 1. The fraction of sp³-hybridized carbons (Fsp3) is 0.588. The van der Waals surface area contributed by atoms with E-state index in [0.29, 0.717) is 17.9 Å². The summed E-state index contributed by atoms with van der Waals surface area (Å²) in [6, 6.07) is 2.45. The topological polar surface area (TPSA) is 89.0 Å². The molecule has 1 aliphatic carbocycles. The number of hydrogen-bond acceptors (Lipinski definition) is 5. The van der Waals surface area contributed by atoms with Gasteiger partial charge in [0, 0.05) is 32.3 Å². The number of ether oxygens (including phenoxy) is 2. The van der Waals surface area contributed by atoms with Gasteiger partial charge in [0.15, 0.2) is 0 Å². The van der Waals surface area contributed by atoms with Crippen LogP contribution in [0.5, 0.6) is 5.88 Å². The van der Waals surface area contributed by atoms with E-state index in [-0.39, 0.29) is 24.7 Å². The number of aliphatic carboxylic acids is 1. The Balaban J connectivity index is 1.68. The Morgan fingerprint density at radius 2 is 2.00 bits per heavy atom. The maximum atomic E-state index is 12.6. The molecule has 1 aromatic heterocycles. The third-order valence-electron chi connectivity index (χ3n) is 4.71. The van der Waals surface area contributed by atoms with E-state index in [1.54, 1.807) is 12.1 Å². The van der Waals surface area contributed by atoms with Crippen LogP contribution in [0, 0.1) is 0 Å². The summed E-state index contributed by atoms with van der Waals surface area (Å²) in [5, 5.41) is 9.31. The number of hydrogen-bond donors (Lipinski definition) is 1. The molecule has 2 fully saturated rings. The minimum Gasteiger partial charge on any atom is -0.480 e. The molecule has 1 aromatic rings. The number of rotatable bonds is 5. The highest BCUT2D eigenvalue weighted by Crippen LogP contribution is 2.25. The Morgan fingerprint density at radius 3 is 2.58 bits per heavy atom. The van der Waals surface area contributed by atoms with Crippen LogP contribution in [0.25, 0.3) is 0 Å². The number of nitrogens with zero attached hydrogens (tertiary/aromatic N) is 2. The predicted molar refractivity (Wildman–Crippen MR) is 85.0 cm³/mol. The molecule has 0 spiro atoms. The van der Waals surface area contributed by atoms with Crippen molar-refractivity contribution in [2.75, 3.05) is 13.7 Å². The van der Waals surface area contributed by atoms with Crippen LogP contribution in [-0.4, -0.2) is 58.8 Å². The highest BCUT2D eigenvalue weighted by Gasteiger charge is 2.40. The first-order valence-corrected chi connectivity index (χ1v) is 8.27. The summed E-state index contributed by atoms with van der Waals surface area (Å²) in [7, 11) is 1.52. The third-order valence-corrected chi connectivity index (χ3v) is 4.71. The maximum absolute atomic E-state index is 12.6. The van der Waals surface area contributed by atoms with Crippen molar-refractivity contribution in [1.29, 1.82) is 0 Å². The zero-order valence-electron chi connectivity index (χ0n) is 13.7. The largest absolute Gasteiger partial charge is 0.480 e. The number of carboxylic acid groups (broad SMARTS) is 1. The smallest absolute Gasteiger partial charge is 0.326 e. The van der Waals surface area contributed by atoms with Crippen LogP contribution in [0.3, 0.4) is 0 Å². The summed E-state index contributed by atoms with van der Waals surface area (Å²) in [6.45, 7) is 0.270. The van der Waals surface area contributed by atoms with E-state index in [9.17, 15) is 14.7 Å². The molecule has 2 atom stereocenters. The Labute approximate surface area is 140 Å². The third kappa shape index (κ3) is 3.51. The van der Waals surface area contributed by atoms with Crippen molar-refractivity contribution in [3.05, 3.63) is 23.9 Å². The van der Waals surface area contributed by atoms with E-state index in [4.69, 9.17) is 9.47 Å². The predicted octanol–water partition coefficient (Wildman–Crippen LogP) is 1.72. The quantitative estimate of drug-likeness (QED) is 0.882. The highest BCUT2D eigenvalue weighted by atomic mass is 16.5. The van der Waals surface area contributed by atoms with Gasteiger partial charge >= 0.3 is 5.97 Å². The average Bonchev–Trinajstić information content (AvgIpc) is 3.24. The van der Waals surface area contributed by atoms with Gasteiger partial charge in [0.05, 0.1) is 11.7 Å². The van der Waals surface area contributed by atoms with Gasteiger partial charge in [0.25, 0.3) is 5.91 Å². The maximum Gasteiger partial charge on any atom is 0.326 e. The number of likely N-dealkylation sites (tertiary alicyclic amines) is 1. The molecule has 24 heavy (non-hydrogen) atoms. The molecule has 1 saturated carbocycles. The molecule has 3 rings (SSSR count). The lowest BCUT2D eigenvalue weighted by Crippen LogP contribution is -2.40. The zero-order chi connectivity index (χ0) is 17.1. The summed E-state index contributed by atoms with van der Waals surface area (Å²) in [4.78, 5) is 29.5. The van der Waals surface area contributed by atoms with Crippen LogP contribution in [0.2, 0.25) is 0 Å². The van der Waals surface area contributed by atoms with Crippen molar-refractivity contribution in [2.24, 2.45) is 0 Å². The van der Waals surface area contributed by atoms with Crippen molar-refractivity contribution in [3.8, 4) is 5.88 Å². The highest BCUT2D eigenvalue weighted by molar-refractivity contribution is 5.96. The number of carbonyl (C=O) groups is 2. The van der Waals surface area contributed by atoms with E-state index in [1.165, 1.54) is 31.0 Å². The van der Waals surface area contributed by atoms with Gasteiger partial charge in [-0.2, -0.15) is 0 Å². The van der Waals surface area contributed by atoms with Crippen molar-refractivity contribution >= 4 is 11.9 Å². The number of carbonyl (C=O) groups excluding carboxylic acids is 1. The van der Waals surface area contributed by atoms with Crippen molar-refractivity contribution in [1.82, 2.24) is 9.88 Å². The van der Waals surface area contributed by atoms with Gasteiger partial charge in [-0.15, -0.1) is 0 Å². The molecule has 2 aliphatic rings. The fourth-order valence-corrected chi connectivity index (χ4v) is 3.35. The summed E-state index contributed by atoms with van der Waals surface area (Å²) in [6.07, 6.45) is 6.12. The molecule has 130 valence electrons. The van der Waals surface area contributed by atoms with Gasteiger partial charge in [-0.25, -0.2) is 9.78 Å². The van der Waals surface area contributed by atoms with Crippen LogP contribution < -0.4 is 4.74 Å². The molecule has 2 heterocycles. The molecule has 1 N–H and O–H groups in total. The van der Waals surface area contributed by atoms with Gasteiger partial charge in [0.2, 0.25) is 5.88 Å². The normalized spacial score (nSPS) is 24.3. The number of aromatic nitrogens is 1. The van der Waals surface area contributed by atoms with Gasteiger partial charge in [0.1, 0.15) is 12.1 Å². The monoisotopic (exact) mass is 334 g/mol. The lowest BCUT2D eigenvalue weighted by Gasteiger charge is -2.21. The minimum atomic E-state index is -1.02. The number of amides is 1. The molecular formula is C17H22N2O5. The molecule has 1 amide bonds. The van der Waals surface area contributed by atoms with E-state index in [1.807, 2.05) is 0 Å². The molecule has 0 bridgehead atoms. The first-order chi connectivity index (χ1) is 11.6. The molecule has 1 saturated heterocycles. The molecular weight excluding hydrogens is 312 g/mol. The van der Waals surface area contributed by atoms with Crippen molar-refractivity contribution in [3.63, 3.8) is 0 Å². The fourth-order valence-electron chi connectivity index (χ4n) is 3.35. The molecule has 0 radical (unpaired) electrons. The second kappa shape index (κ2) is 7.17. The van der Waals surface area contributed by atoms with E-state index >= 15 is 0 Å². The molecule has 1 aliphatic heterocycles. The van der Waals surface area contributed by atoms with Crippen LogP contribution in [-0.2, 0) is 9.53 Å². The van der Waals surface area contributed by atoms with Crippen LogP contribution >= 0.6 is 0 Å². The Bertz CT molecular complexity index is 598. The van der Waals surface area contributed by atoms with Crippen LogP contribution in [0.4, 0.5) is 0 Å². The Kier molecular flexibility index (Phi) is 4.99. The van der Waals surface area contributed by atoms with Gasteiger partial charge < -0.3 is 19.5 Å². The standard InChI is InChI=1S/C17H22N2O5/c1-23-13-8-14(17(21)22)19(10-13)16(20)11-6-7-15(18-9-11)24-12-4-2-3-5-12/h6-7,9,12-14H,2-5,8,10H2,1H3,(H,21,22). The summed E-state index contributed by atoms with van der Waals surface area (Å²) < 4.78 is 11.0. The number of carboxylic acids is 1. The zero-order valence-corrected chi connectivity index (χ0v) is 13.7. The van der Waals surface area contributed by atoms with Crippen LogP contribution in [0.1, 0.15) is 42.5 Å². The van der Waals surface area contributed by atoms with E-state index < -0.39 is 12.0 Å². The molecule has 7 heteroatoms. The minimum absolute atomic E-state index is 0.205. The van der Waals surface area contributed by atoms with Gasteiger partial charge in [-0.1, -0.05) is 0 Å². The number of pyridine rings is 1. The van der Waals surface area contributed by atoms with Crippen molar-refractivity contribution in [2.45, 2.75) is 50.4 Å². The average molecular weight is 334 g/mol. The van der Waals surface area contributed by atoms with E-state index in [2.05, 4.69) is 4.98 Å². The first kappa shape index (κ1) is 16.7. The van der Waals surface area contributed by atoms with Crippen molar-refractivity contribution < 1.29 is 24.2 Å². The van der Waals surface area contributed by atoms with Gasteiger partial charge in [-0.3, -0.25) is 4.79 Å². The van der Waals surface area contributed by atoms with Crippen LogP contribution in [0.15, 0.2) is 18.3 Å². The molecule has 7 nitrogen and oxygen atoms in total. The summed E-state index contributed by atoms with van der Waals surface area (Å²) in [5.41, 5.74) is 0.358. The Hall–Kier alpha value is -2.15. The summed E-state index contributed by atoms with van der Waals surface area (Å²) >= 11 is 0. The second-order valence-electron chi connectivity index (χ2n) is 6.31. The lowest BCUT2D eigenvalue weighted by molar-refractivity contribution is -0.141. The first-order valence-electron chi connectivity index (χ1n) is 8.27. The SMILES string of the molecule is COC1CC(C(=O)O)N(C(=O)c2ccc(OC3CCCC3)nc2)C1. The van der Waals surface area contributed by atoms with E-state index in [0.717, 1.165) is 12.8 Å². The second-order valence-corrected chi connectivity index (χ2v) is 6.31. The lowest BCUT2D eigenvalue weighted by atomic mass is 10.2. The molecule has 0 aromatic carbocycles. The Morgan fingerprint density at radius 1 is 1.25 bits per heavy atom. The summed E-state index contributed by atoms with van der Waals surface area (Å²) in [5.74, 6) is -0.858. The van der Waals surface area contributed by atoms with Gasteiger partial charge in [-0.05, 0) is 31.7 Å². The molecule has 2 unspecified atom stereocenters.